The van der Waals surface area contributed by atoms with Gasteiger partial charge in [-0.2, -0.15) is 4.68 Å². The summed E-state index contributed by atoms with van der Waals surface area (Å²) in [6.07, 6.45) is 1.27. The zero-order valence-corrected chi connectivity index (χ0v) is 12.6. The number of fused-ring (bicyclic) bond motifs is 1. The predicted molar refractivity (Wildman–Crippen MR) is 77.7 cm³/mol. The lowest BCUT2D eigenvalue weighted by Crippen LogP contribution is -2.05. The molecule has 0 amide bonds. The lowest BCUT2D eigenvalue weighted by Gasteiger charge is -2.00. The molecule has 8 nitrogen and oxygen atoms in total. The van der Waals surface area contributed by atoms with E-state index >= 15 is 0 Å². The van der Waals surface area contributed by atoms with Gasteiger partial charge in [0.1, 0.15) is 16.5 Å². The number of rotatable bonds is 3. The Morgan fingerprint density at radius 3 is 2.86 bits per heavy atom. The first kappa shape index (κ1) is 13.8. The largest absolute Gasteiger partial charge is 0.490 e. The standard InChI is InChI=1S/C11H9ClN6O2S/c1-5-6(2)21-10-8(5)9(12)14-7(15-10)3-17-4-13-11(16-17)18(19)20/h4H,3H2,1-2H3. The minimum atomic E-state index is -0.653. The number of aromatic nitrogens is 5. The lowest BCUT2D eigenvalue weighted by atomic mass is 10.2. The molecule has 0 bridgehead atoms. The van der Waals surface area contributed by atoms with Gasteiger partial charge in [0.2, 0.25) is 6.33 Å². The number of halogens is 1. The van der Waals surface area contributed by atoms with Crippen LogP contribution in [0.3, 0.4) is 0 Å². The first-order valence-corrected chi connectivity index (χ1v) is 7.11. The van der Waals surface area contributed by atoms with Crippen molar-refractivity contribution in [2.45, 2.75) is 20.4 Å². The fourth-order valence-electron chi connectivity index (χ4n) is 1.90. The molecule has 0 aliphatic heterocycles. The van der Waals surface area contributed by atoms with Crippen molar-refractivity contribution in [1.82, 2.24) is 24.7 Å². The Balaban J connectivity index is 1.99. The molecule has 0 spiro atoms. The number of nitrogens with zero attached hydrogens (tertiary/aromatic N) is 6. The maximum absolute atomic E-state index is 10.6. The van der Waals surface area contributed by atoms with Crippen molar-refractivity contribution in [3.05, 3.63) is 37.9 Å². The summed E-state index contributed by atoms with van der Waals surface area (Å²) in [6.45, 7) is 4.15. The molecule has 0 aliphatic carbocycles. The predicted octanol–water partition coefficient (Wildman–Crippen LogP) is 2.51. The van der Waals surface area contributed by atoms with Crippen LogP contribution in [0.4, 0.5) is 5.95 Å². The molecule has 3 aromatic heterocycles. The Kier molecular flexibility index (Phi) is 3.30. The third-order valence-electron chi connectivity index (χ3n) is 3.02. The average Bonchev–Trinajstić information content (AvgIpc) is 2.96. The van der Waals surface area contributed by atoms with Crippen LogP contribution in [0.1, 0.15) is 16.3 Å². The second kappa shape index (κ2) is 5.01. The van der Waals surface area contributed by atoms with E-state index in [1.165, 1.54) is 22.3 Å². The van der Waals surface area contributed by atoms with E-state index in [2.05, 4.69) is 20.1 Å². The Morgan fingerprint density at radius 1 is 1.43 bits per heavy atom. The highest BCUT2D eigenvalue weighted by Gasteiger charge is 2.17. The fraction of sp³-hybridized carbons (Fsp3) is 0.273. The van der Waals surface area contributed by atoms with Crippen molar-refractivity contribution in [2.75, 3.05) is 0 Å². The topological polar surface area (TPSA) is 99.6 Å². The fourth-order valence-corrected chi connectivity index (χ4v) is 3.34. The smallest absolute Gasteiger partial charge is 0.390 e. The molecule has 0 aliphatic rings. The van der Waals surface area contributed by atoms with Gasteiger partial charge in [0.25, 0.3) is 0 Å². The van der Waals surface area contributed by atoms with Crippen LogP contribution in [0.25, 0.3) is 10.2 Å². The third kappa shape index (κ3) is 2.45. The van der Waals surface area contributed by atoms with Crippen LogP contribution in [-0.4, -0.2) is 29.7 Å². The molecule has 0 radical (unpaired) electrons. The molecular formula is C11H9ClN6O2S. The minimum Gasteiger partial charge on any atom is -0.390 e. The lowest BCUT2D eigenvalue weighted by molar-refractivity contribution is -0.394. The molecule has 108 valence electrons. The van der Waals surface area contributed by atoms with Crippen LogP contribution in [-0.2, 0) is 6.54 Å². The summed E-state index contributed by atoms with van der Waals surface area (Å²) in [5, 5.41) is 15.5. The summed E-state index contributed by atoms with van der Waals surface area (Å²) in [6, 6.07) is 0. The van der Waals surface area contributed by atoms with Crippen LogP contribution >= 0.6 is 22.9 Å². The maximum Gasteiger partial charge on any atom is 0.490 e. The molecule has 3 rings (SSSR count). The van der Waals surface area contributed by atoms with Gasteiger partial charge in [-0.1, -0.05) is 16.6 Å². The van der Waals surface area contributed by atoms with Gasteiger partial charge in [-0.3, -0.25) is 0 Å². The van der Waals surface area contributed by atoms with Gasteiger partial charge >= 0.3 is 5.95 Å². The summed E-state index contributed by atoms with van der Waals surface area (Å²) in [7, 11) is 0. The van der Waals surface area contributed by atoms with Gasteiger partial charge in [0.15, 0.2) is 5.82 Å². The van der Waals surface area contributed by atoms with Crippen molar-refractivity contribution in [1.29, 1.82) is 0 Å². The summed E-state index contributed by atoms with van der Waals surface area (Å²) in [5.74, 6) is -0.0152. The average molecular weight is 325 g/mol. The maximum atomic E-state index is 10.6. The van der Waals surface area contributed by atoms with Crippen molar-refractivity contribution in [2.24, 2.45) is 0 Å². The van der Waals surface area contributed by atoms with Crippen LogP contribution in [0.2, 0.25) is 5.15 Å². The van der Waals surface area contributed by atoms with Crippen molar-refractivity contribution >= 4 is 39.1 Å². The highest BCUT2D eigenvalue weighted by Crippen LogP contribution is 2.32. The quantitative estimate of drug-likeness (QED) is 0.417. The van der Waals surface area contributed by atoms with Gasteiger partial charge in [-0.25, -0.2) is 9.97 Å². The normalized spacial score (nSPS) is 11.2. The van der Waals surface area contributed by atoms with Crippen LogP contribution in [0.5, 0.6) is 0 Å². The summed E-state index contributed by atoms with van der Waals surface area (Å²) >= 11 is 7.74. The van der Waals surface area contributed by atoms with E-state index in [0.717, 1.165) is 20.7 Å². The highest BCUT2D eigenvalue weighted by atomic mass is 35.5. The molecule has 0 fully saturated rings. The molecule has 0 aromatic carbocycles. The Morgan fingerprint density at radius 2 is 2.19 bits per heavy atom. The SMILES string of the molecule is Cc1sc2nc(Cn3cnc([N+](=O)[O-])n3)nc(Cl)c2c1C. The van der Waals surface area contributed by atoms with Crippen molar-refractivity contribution < 1.29 is 4.92 Å². The number of hydrogen-bond acceptors (Lipinski definition) is 7. The van der Waals surface area contributed by atoms with Crippen molar-refractivity contribution in [3.8, 4) is 0 Å². The number of hydrogen-bond donors (Lipinski definition) is 0. The second-order valence-electron chi connectivity index (χ2n) is 4.39. The Labute approximate surface area is 127 Å². The summed E-state index contributed by atoms with van der Waals surface area (Å²) in [4.78, 5) is 24.1. The van der Waals surface area contributed by atoms with E-state index in [4.69, 9.17) is 11.6 Å². The van der Waals surface area contributed by atoms with E-state index in [1.807, 2.05) is 13.8 Å². The monoisotopic (exact) mass is 324 g/mol. The first-order chi connectivity index (χ1) is 9.95. The first-order valence-electron chi connectivity index (χ1n) is 5.91. The minimum absolute atomic E-state index is 0.173. The molecule has 21 heavy (non-hydrogen) atoms. The van der Waals surface area contributed by atoms with Gasteiger partial charge in [-0.15, -0.1) is 11.3 Å². The molecule has 0 saturated carbocycles. The number of thiophene rings is 1. The highest BCUT2D eigenvalue weighted by molar-refractivity contribution is 7.18. The summed E-state index contributed by atoms with van der Waals surface area (Å²) in [5.41, 5.74) is 1.07. The molecule has 0 N–H and O–H groups in total. The third-order valence-corrected chi connectivity index (χ3v) is 4.40. The van der Waals surface area contributed by atoms with E-state index in [-0.39, 0.29) is 6.54 Å². The molecular weight excluding hydrogens is 316 g/mol. The number of aryl methyl sites for hydroxylation is 2. The Bertz CT molecular complexity index is 858. The molecule has 0 unspecified atom stereocenters. The zero-order chi connectivity index (χ0) is 15.1. The molecule has 10 heteroatoms. The van der Waals surface area contributed by atoms with Crippen molar-refractivity contribution in [3.63, 3.8) is 0 Å². The van der Waals surface area contributed by atoms with E-state index in [1.54, 1.807) is 0 Å². The molecule has 0 saturated heterocycles. The second-order valence-corrected chi connectivity index (χ2v) is 5.95. The molecule has 3 heterocycles. The van der Waals surface area contributed by atoms with E-state index < -0.39 is 10.9 Å². The van der Waals surface area contributed by atoms with Gasteiger partial charge in [-0.05, 0) is 24.3 Å². The van der Waals surface area contributed by atoms with Crippen LogP contribution < -0.4 is 0 Å². The van der Waals surface area contributed by atoms with E-state index in [9.17, 15) is 10.1 Å². The zero-order valence-electron chi connectivity index (χ0n) is 11.1. The van der Waals surface area contributed by atoms with Gasteiger partial charge in [0.05, 0.1) is 5.39 Å². The molecule has 3 aromatic rings. The van der Waals surface area contributed by atoms with E-state index in [0.29, 0.717) is 11.0 Å². The number of nitro groups is 1. The van der Waals surface area contributed by atoms with Gasteiger partial charge in [0, 0.05) is 9.98 Å². The van der Waals surface area contributed by atoms with Crippen LogP contribution in [0.15, 0.2) is 6.33 Å². The van der Waals surface area contributed by atoms with Crippen LogP contribution in [0, 0.1) is 24.0 Å². The van der Waals surface area contributed by atoms with Gasteiger partial charge < -0.3 is 10.1 Å². The Hall–Kier alpha value is -2.13. The molecule has 0 atom stereocenters. The summed E-state index contributed by atoms with van der Waals surface area (Å²) < 4.78 is 1.31.